The second-order valence-electron chi connectivity index (χ2n) is 5.30. The van der Waals surface area contributed by atoms with Crippen molar-refractivity contribution in [3.63, 3.8) is 0 Å². The summed E-state index contributed by atoms with van der Waals surface area (Å²) in [5, 5.41) is 11.7. The van der Waals surface area contributed by atoms with Crippen LogP contribution < -0.4 is 10.1 Å². The number of ether oxygens (including phenoxy) is 1. The number of rotatable bonds is 6. The molecule has 1 aromatic rings. The van der Waals surface area contributed by atoms with E-state index in [-0.39, 0.29) is 23.1 Å². The summed E-state index contributed by atoms with van der Waals surface area (Å²) in [4.78, 5) is 23.4. The summed E-state index contributed by atoms with van der Waals surface area (Å²) in [7, 11) is 1.33. The van der Waals surface area contributed by atoms with Gasteiger partial charge < -0.3 is 15.2 Å². The number of hydrogen-bond acceptors (Lipinski definition) is 3. The lowest BCUT2D eigenvalue weighted by molar-refractivity contribution is -0.142. The molecule has 2 unspecified atom stereocenters. The van der Waals surface area contributed by atoms with Gasteiger partial charge in [-0.2, -0.15) is 0 Å². The van der Waals surface area contributed by atoms with Gasteiger partial charge in [0.1, 0.15) is 0 Å². The van der Waals surface area contributed by atoms with E-state index in [1.54, 1.807) is 6.92 Å². The van der Waals surface area contributed by atoms with Crippen LogP contribution in [0.2, 0.25) is 0 Å². The number of carboxylic acid groups (broad SMARTS) is 1. The Bertz CT molecular complexity index is 557. The van der Waals surface area contributed by atoms with Crippen molar-refractivity contribution in [2.24, 2.45) is 11.8 Å². The Morgan fingerprint density at radius 3 is 2.57 bits per heavy atom. The predicted molar refractivity (Wildman–Crippen MR) is 73.4 cm³/mol. The van der Waals surface area contributed by atoms with Gasteiger partial charge in [-0.1, -0.05) is 13.0 Å². The molecule has 1 aromatic carbocycles. The maximum atomic E-state index is 13.7. The molecule has 21 heavy (non-hydrogen) atoms. The van der Waals surface area contributed by atoms with E-state index in [0.29, 0.717) is 5.92 Å². The molecule has 1 saturated carbocycles. The Morgan fingerprint density at radius 1 is 1.43 bits per heavy atom. The van der Waals surface area contributed by atoms with Crippen LogP contribution in [0.5, 0.6) is 5.75 Å². The molecule has 0 aromatic heterocycles. The third kappa shape index (κ3) is 3.51. The van der Waals surface area contributed by atoms with Gasteiger partial charge in [-0.05, 0) is 36.5 Å². The van der Waals surface area contributed by atoms with E-state index in [4.69, 9.17) is 4.74 Å². The van der Waals surface area contributed by atoms with Crippen LogP contribution in [0.1, 0.15) is 31.4 Å². The summed E-state index contributed by atoms with van der Waals surface area (Å²) in [6.45, 7) is 1.78. The van der Waals surface area contributed by atoms with Crippen LogP contribution in [-0.4, -0.2) is 24.1 Å². The minimum atomic E-state index is -1.26. The van der Waals surface area contributed by atoms with Gasteiger partial charge in [0.15, 0.2) is 17.6 Å². The molecule has 1 fully saturated rings. The average molecular weight is 295 g/mol. The van der Waals surface area contributed by atoms with Crippen molar-refractivity contribution in [1.29, 1.82) is 0 Å². The predicted octanol–water partition coefficient (Wildman–Crippen LogP) is 2.12. The van der Waals surface area contributed by atoms with Gasteiger partial charge in [0, 0.05) is 5.92 Å². The first-order chi connectivity index (χ1) is 9.93. The average Bonchev–Trinajstić information content (AvgIpc) is 3.27. The van der Waals surface area contributed by atoms with E-state index < -0.39 is 17.8 Å². The van der Waals surface area contributed by atoms with Gasteiger partial charge in [0.05, 0.1) is 7.11 Å². The van der Waals surface area contributed by atoms with E-state index in [0.717, 1.165) is 18.9 Å². The summed E-state index contributed by atoms with van der Waals surface area (Å²) in [6.07, 6.45) is 1.98. The van der Waals surface area contributed by atoms with Gasteiger partial charge in [-0.25, -0.2) is 9.18 Å². The van der Waals surface area contributed by atoms with Crippen molar-refractivity contribution < 1.29 is 23.8 Å². The molecule has 2 rings (SSSR count). The fourth-order valence-electron chi connectivity index (χ4n) is 2.23. The molecule has 5 nitrogen and oxygen atoms in total. The smallest absolute Gasteiger partial charge is 0.330 e. The van der Waals surface area contributed by atoms with Crippen LogP contribution in [0.25, 0.3) is 0 Å². The lowest BCUT2D eigenvalue weighted by atomic mass is 10.0. The van der Waals surface area contributed by atoms with Crippen LogP contribution in [0, 0.1) is 17.7 Å². The molecule has 0 heterocycles. The molecule has 0 aliphatic heterocycles. The number of hydrogen-bond donors (Lipinski definition) is 2. The molecular weight excluding hydrogens is 277 g/mol. The standard InChI is InChI=1S/C15H18FNO4/c1-8(9-3-4-9)14(18)17-13(15(19)20)10-5-6-12(21-2)11(16)7-10/h5-9,13H,3-4H2,1-2H3,(H,17,18)(H,19,20). The Morgan fingerprint density at radius 2 is 2.10 bits per heavy atom. The monoisotopic (exact) mass is 295 g/mol. The highest BCUT2D eigenvalue weighted by Gasteiger charge is 2.34. The first-order valence-electron chi connectivity index (χ1n) is 6.80. The molecule has 0 radical (unpaired) electrons. The first kappa shape index (κ1) is 15.3. The first-order valence-corrected chi connectivity index (χ1v) is 6.80. The van der Waals surface area contributed by atoms with Crippen LogP contribution in [0.4, 0.5) is 4.39 Å². The van der Waals surface area contributed by atoms with Crippen molar-refractivity contribution in [2.45, 2.75) is 25.8 Å². The van der Waals surface area contributed by atoms with Gasteiger partial charge >= 0.3 is 5.97 Å². The Balaban J connectivity index is 2.16. The highest BCUT2D eigenvalue weighted by atomic mass is 19.1. The van der Waals surface area contributed by atoms with E-state index in [2.05, 4.69) is 5.32 Å². The van der Waals surface area contributed by atoms with Gasteiger partial charge in [-0.3, -0.25) is 4.79 Å². The maximum absolute atomic E-state index is 13.7. The number of nitrogens with one attached hydrogen (secondary N) is 1. The molecule has 0 saturated heterocycles. The van der Waals surface area contributed by atoms with Crippen molar-refractivity contribution in [3.8, 4) is 5.75 Å². The fourth-order valence-corrected chi connectivity index (χ4v) is 2.23. The summed E-state index contributed by atoms with van der Waals surface area (Å²) in [6, 6.07) is 2.58. The topological polar surface area (TPSA) is 75.6 Å². The number of amides is 1. The zero-order chi connectivity index (χ0) is 15.6. The SMILES string of the molecule is COc1ccc(C(NC(=O)C(C)C2CC2)C(=O)O)cc1F. The van der Waals surface area contributed by atoms with E-state index in [9.17, 15) is 19.1 Å². The molecule has 1 aliphatic carbocycles. The third-order valence-electron chi connectivity index (χ3n) is 3.79. The molecule has 2 atom stereocenters. The van der Waals surface area contributed by atoms with Crippen LogP contribution >= 0.6 is 0 Å². The van der Waals surface area contributed by atoms with Crippen molar-refractivity contribution in [3.05, 3.63) is 29.6 Å². The fraction of sp³-hybridized carbons (Fsp3) is 0.467. The highest BCUT2D eigenvalue weighted by Crippen LogP contribution is 2.37. The zero-order valence-electron chi connectivity index (χ0n) is 11.9. The molecule has 2 N–H and O–H groups in total. The molecule has 1 aliphatic rings. The molecular formula is C15H18FNO4. The van der Waals surface area contributed by atoms with E-state index in [1.165, 1.54) is 19.2 Å². The summed E-state index contributed by atoms with van der Waals surface area (Å²) in [5.74, 6) is -2.08. The van der Waals surface area contributed by atoms with E-state index in [1.807, 2.05) is 0 Å². The normalized spacial score (nSPS) is 16.9. The quantitative estimate of drug-likeness (QED) is 0.843. The van der Waals surface area contributed by atoms with Crippen molar-refractivity contribution in [2.75, 3.05) is 7.11 Å². The number of benzene rings is 1. The van der Waals surface area contributed by atoms with Crippen molar-refractivity contribution >= 4 is 11.9 Å². The maximum Gasteiger partial charge on any atom is 0.330 e. The third-order valence-corrected chi connectivity index (χ3v) is 3.79. The second kappa shape index (κ2) is 6.11. The Kier molecular flexibility index (Phi) is 4.45. The van der Waals surface area contributed by atoms with Gasteiger partial charge in [0.25, 0.3) is 0 Å². The minimum absolute atomic E-state index is 0.0283. The number of methoxy groups -OCH3 is 1. The number of carbonyl (C=O) groups excluding carboxylic acids is 1. The number of carboxylic acids is 1. The molecule has 6 heteroatoms. The summed E-state index contributed by atoms with van der Waals surface area (Å²) in [5.41, 5.74) is 0.178. The molecule has 0 spiro atoms. The number of halogens is 1. The molecule has 114 valence electrons. The zero-order valence-corrected chi connectivity index (χ0v) is 11.9. The Labute approximate surface area is 122 Å². The number of aliphatic carboxylic acids is 1. The van der Waals surface area contributed by atoms with Gasteiger partial charge in [-0.15, -0.1) is 0 Å². The highest BCUT2D eigenvalue weighted by molar-refractivity contribution is 5.86. The van der Waals surface area contributed by atoms with Crippen LogP contribution in [0.15, 0.2) is 18.2 Å². The number of carbonyl (C=O) groups is 2. The lowest BCUT2D eigenvalue weighted by Gasteiger charge is -2.18. The van der Waals surface area contributed by atoms with Gasteiger partial charge in [0.2, 0.25) is 5.91 Å². The minimum Gasteiger partial charge on any atom is -0.494 e. The largest absolute Gasteiger partial charge is 0.494 e. The lowest BCUT2D eigenvalue weighted by Crippen LogP contribution is -2.37. The second-order valence-corrected chi connectivity index (χ2v) is 5.30. The summed E-state index contributed by atoms with van der Waals surface area (Å²) >= 11 is 0. The van der Waals surface area contributed by atoms with Crippen LogP contribution in [-0.2, 0) is 9.59 Å². The Hall–Kier alpha value is -2.11. The summed E-state index contributed by atoms with van der Waals surface area (Å²) < 4.78 is 18.5. The van der Waals surface area contributed by atoms with Crippen LogP contribution in [0.3, 0.4) is 0 Å². The molecule has 0 bridgehead atoms. The van der Waals surface area contributed by atoms with E-state index >= 15 is 0 Å². The molecule has 1 amide bonds. The van der Waals surface area contributed by atoms with Crippen molar-refractivity contribution in [1.82, 2.24) is 5.32 Å².